The number of allylic oxidation sites excluding steroid dienone is 3. The molecule has 0 bridgehead atoms. The summed E-state index contributed by atoms with van der Waals surface area (Å²) in [6.07, 6.45) is 5.43. The number of carbonyl (C=O) groups is 1. The van der Waals surface area contributed by atoms with Crippen molar-refractivity contribution in [3.63, 3.8) is 0 Å². The summed E-state index contributed by atoms with van der Waals surface area (Å²) < 4.78 is 0. The van der Waals surface area contributed by atoms with Crippen LogP contribution in [-0.4, -0.2) is 19.5 Å². The van der Waals surface area contributed by atoms with Crippen molar-refractivity contribution in [2.75, 3.05) is 18.5 Å². The van der Waals surface area contributed by atoms with Gasteiger partial charge >= 0.3 is 0 Å². The van der Waals surface area contributed by atoms with Crippen molar-refractivity contribution >= 4 is 11.6 Å². The van der Waals surface area contributed by atoms with Crippen molar-refractivity contribution in [2.24, 2.45) is 0 Å². The number of nitriles is 1. The van der Waals surface area contributed by atoms with E-state index in [-0.39, 0.29) is 16.9 Å². The van der Waals surface area contributed by atoms with Crippen LogP contribution in [-0.2, 0) is 10.2 Å². The molecule has 2 rings (SSSR count). The molecule has 0 aliphatic carbocycles. The predicted molar refractivity (Wildman–Crippen MR) is 97.6 cm³/mol. The van der Waals surface area contributed by atoms with E-state index in [1.165, 1.54) is 5.56 Å². The molecule has 1 aliphatic heterocycles. The Labute approximate surface area is 144 Å². The minimum absolute atomic E-state index is 0.138. The molecule has 1 aromatic carbocycles. The Bertz CT molecular complexity index is 723. The molecule has 24 heavy (non-hydrogen) atoms. The van der Waals surface area contributed by atoms with Crippen LogP contribution in [0.25, 0.3) is 0 Å². The van der Waals surface area contributed by atoms with E-state index in [4.69, 9.17) is 0 Å². The maximum atomic E-state index is 12.1. The molecule has 0 aromatic heterocycles. The van der Waals surface area contributed by atoms with Gasteiger partial charge in [0.25, 0.3) is 5.91 Å². The van der Waals surface area contributed by atoms with E-state index in [9.17, 15) is 10.1 Å². The molecule has 0 spiro atoms. The Balaban J connectivity index is 2.27. The minimum Gasteiger partial charge on any atom is -0.351 e. The normalized spacial score (nSPS) is 17.5. The monoisotopic (exact) mass is 323 g/mol. The average Bonchev–Trinajstić information content (AvgIpc) is 2.76. The average molecular weight is 323 g/mol. The number of nitrogens with one attached hydrogen (secondary N) is 1. The van der Waals surface area contributed by atoms with Gasteiger partial charge in [0.2, 0.25) is 0 Å². The van der Waals surface area contributed by atoms with Crippen molar-refractivity contribution in [1.82, 2.24) is 5.32 Å². The quantitative estimate of drug-likeness (QED) is 0.511. The summed E-state index contributed by atoms with van der Waals surface area (Å²) in [4.78, 5) is 14.2. The fourth-order valence-corrected chi connectivity index (χ4v) is 3.10. The van der Waals surface area contributed by atoms with Crippen molar-refractivity contribution in [3.8, 4) is 6.07 Å². The van der Waals surface area contributed by atoms with E-state index < -0.39 is 0 Å². The Hall–Kier alpha value is -2.54. The number of nitrogens with zero attached hydrogens (tertiary/aromatic N) is 2. The zero-order valence-corrected chi connectivity index (χ0v) is 14.9. The second kappa shape index (κ2) is 7.35. The van der Waals surface area contributed by atoms with Gasteiger partial charge in [-0.3, -0.25) is 4.79 Å². The third kappa shape index (κ3) is 3.35. The smallest absolute Gasteiger partial charge is 0.261 e. The van der Waals surface area contributed by atoms with Crippen molar-refractivity contribution in [3.05, 3.63) is 53.3 Å². The van der Waals surface area contributed by atoms with Crippen LogP contribution in [0.2, 0.25) is 0 Å². The Morgan fingerprint density at radius 1 is 1.38 bits per heavy atom. The first-order valence-electron chi connectivity index (χ1n) is 8.37. The molecule has 4 nitrogen and oxygen atoms in total. The molecule has 1 aromatic rings. The molecular weight excluding hydrogens is 298 g/mol. The molecule has 4 heteroatoms. The van der Waals surface area contributed by atoms with Gasteiger partial charge in [-0.1, -0.05) is 45.4 Å². The lowest BCUT2D eigenvalue weighted by Crippen LogP contribution is -2.26. The number of likely N-dealkylation sites (N-methyl/N-ethyl adjacent to an activating group) is 1. The topological polar surface area (TPSA) is 56.1 Å². The molecule has 0 radical (unpaired) electrons. The highest BCUT2D eigenvalue weighted by Gasteiger charge is 2.37. The number of unbranched alkanes of at least 4 members (excludes halogenated alkanes) is 1. The molecule has 0 fully saturated rings. The summed E-state index contributed by atoms with van der Waals surface area (Å²) in [5, 5.41) is 12.1. The van der Waals surface area contributed by atoms with Gasteiger partial charge in [-0.15, -0.1) is 0 Å². The SMILES string of the molecule is CCCCNC(=O)/C(C#N)=C/C=C1/N(C)c2ccccc2C1(C)C. The Kier molecular flexibility index (Phi) is 5.46. The summed E-state index contributed by atoms with van der Waals surface area (Å²) in [6.45, 7) is 6.97. The molecule has 0 saturated carbocycles. The van der Waals surface area contributed by atoms with E-state index in [0.29, 0.717) is 6.54 Å². The van der Waals surface area contributed by atoms with E-state index in [1.807, 2.05) is 31.3 Å². The summed E-state index contributed by atoms with van der Waals surface area (Å²) in [5.74, 6) is -0.307. The lowest BCUT2D eigenvalue weighted by molar-refractivity contribution is -0.117. The summed E-state index contributed by atoms with van der Waals surface area (Å²) in [6, 6.07) is 10.3. The zero-order valence-electron chi connectivity index (χ0n) is 14.9. The van der Waals surface area contributed by atoms with Gasteiger partial charge in [-0.25, -0.2) is 0 Å². The molecule has 0 unspecified atom stereocenters. The predicted octanol–water partition coefficient (Wildman–Crippen LogP) is 3.66. The fourth-order valence-electron chi connectivity index (χ4n) is 3.10. The number of hydrogen-bond donors (Lipinski definition) is 1. The molecule has 0 atom stereocenters. The first-order chi connectivity index (χ1) is 11.4. The lowest BCUT2D eigenvalue weighted by atomic mass is 9.83. The van der Waals surface area contributed by atoms with Gasteiger partial charge in [-0.2, -0.15) is 5.26 Å². The number of rotatable bonds is 5. The number of anilines is 1. The van der Waals surface area contributed by atoms with Gasteiger partial charge in [-0.05, 0) is 30.2 Å². The third-order valence-corrected chi connectivity index (χ3v) is 4.53. The van der Waals surface area contributed by atoms with Gasteiger partial charge < -0.3 is 10.2 Å². The van der Waals surface area contributed by atoms with Crippen molar-refractivity contribution in [1.29, 1.82) is 5.26 Å². The molecule has 1 N–H and O–H groups in total. The Morgan fingerprint density at radius 3 is 2.71 bits per heavy atom. The largest absolute Gasteiger partial charge is 0.351 e. The molecule has 1 aliphatic rings. The number of fused-ring (bicyclic) bond motifs is 1. The van der Waals surface area contributed by atoms with Crippen LogP contribution in [0, 0.1) is 11.3 Å². The number of para-hydroxylation sites is 1. The number of benzene rings is 1. The number of hydrogen-bond acceptors (Lipinski definition) is 3. The molecular formula is C20H25N3O. The first kappa shape index (κ1) is 17.8. The van der Waals surface area contributed by atoms with Crippen LogP contribution in [0.1, 0.15) is 39.2 Å². The van der Waals surface area contributed by atoms with Crippen LogP contribution in [0.4, 0.5) is 5.69 Å². The van der Waals surface area contributed by atoms with Gasteiger partial charge in [0.05, 0.1) is 0 Å². The molecule has 1 heterocycles. The van der Waals surface area contributed by atoms with Crippen LogP contribution in [0.15, 0.2) is 47.7 Å². The minimum atomic E-state index is -0.307. The number of carbonyl (C=O) groups excluding carboxylic acids is 1. The summed E-state index contributed by atoms with van der Waals surface area (Å²) >= 11 is 0. The van der Waals surface area contributed by atoms with Crippen LogP contribution in [0.5, 0.6) is 0 Å². The van der Waals surface area contributed by atoms with E-state index in [1.54, 1.807) is 6.08 Å². The fraction of sp³-hybridized carbons (Fsp3) is 0.400. The maximum Gasteiger partial charge on any atom is 0.261 e. The van der Waals surface area contributed by atoms with Crippen molar-refractivity contribution in [2.45, 2.75) is 39.0 Å². The van der Waals surface area contributed by atoms with Crippen LogP contribution >= 0.6 is 0 Å². The van der Waals surface area contributed by atoms with Crippen LogP contribution < -0.4 is 10.2 Å². The highest BCUT2D eigenvalue weighted by molar-refractivity contribution is 5.97. The zero-order chi connectivity index (χ0) is 17.7. The van der Waals surface area contributed by atoms with Gasteiger partial charge in [0, 0.05) is 30.4 Å². The van der Waals surface area contributed by atoms with E-state index in [2.05, 4.69) is 43.1 Å². The van der Waals surface area contributed by atoms with Crippen LogP contribution in [0.3, 0.4) is 0 Å². The highest BCUT2D eigenvalue weighted by Crippen LogP contribution is 2.46. The summed E-state index contributed by atoms with van der Waals surface area (Å²) in [5.41, 5.74) is 3.45. The second-order valence-electron chi connectivity index (χ2n) is 6.55. The van der Waals surface area contributed by atoms with Crippen molar-refractivity contribution < 1.29 is 4.79 Å². The molecule has 1 amide bonds. The summed E-state index contributed by atoms with van der Waals surface area (Å²) in [7, 11) is 2.01. The Morgan fingerprint density at radius 2 is 2.08 bits per heavy atom. The standard InChI is InChI=1S/C20H25N3O/c1-5-6-13-22-19(24)15(14-21)11-12-18-20(2,3)16-9-7-8-10-17(16)23(18)4/h7-12H,5-6,13H2,1-4H3,(H,22,24)/b15-11+,18-12+. The van der Waals surface area contributed by atoms with Gasteiger partial charge in [0.15, 0.2) is 0 Å². The maximum absolute atomic E-state index is 12.1. The van der Waals surface area contributed by atoms with E-state index in [0.717, 1.165) is 24.2 Å². The number of amides is 1. The van der Waals surface area contributed by atoms with E-state index >= 15 is 0 Å². The lowest BCUT2D eigenvalue weighted by Gasteiger charge is -2.23. The molecule has 0 saturated heterocycles. The van der Waals surface area contributed by atoms with Gasteiger partial charge in [0.1, 0.15) is 11.6 Å². The molecule has 126 valence electrons. The second-order valence-corrected chi connectivity index (χ2v) is 6.55. The third-order valence-electron chi connectivity index (χ3n) is 4.53. The first-order valence-corrected chi connectivity index (χ1v) is 8.37. The highest BCUT2D eigenvalue weighted by atomic mass is 16.1.